The average molecular weight is 312 g/mol. The van der Waals surface area contributed by atoms with Crippen molar-refractivity contribution in [3.05, 3.63) is 59.2 Å². The predicted octanol–water partition coefficient (Wildman–Crippen LogP) is 2.29. The number of Topliss-reactive ketones (excluding diaryl/α,β-unsaturated/α-hetero) is 1. The van der Waals surface area contributed by atoms with E-state index in [0.717, 1.165) is 5.69 Å². The van der Waals surface area contributed by atoms with Gasteiger partial charge in [-0.1, -0.05) is 12.1 Å². The lowest BCUT2D eigenvalue weighted by Gasteiger charge is -2.17. The van der Waals surface area contributed by atoms with E-state index in [2.05, 4.69) is 0 Å². The molecule has 0 saturated carbocycles. The number of carbonyl (C=O) groups is 2. The predicted molar refractivity (Wildman–Crippen MR) is 90.3 cm³/mol. The Hall–Kier alpha value is -2.82. The van der Waals surface area contributed by atoms with E-state index < -0.39 is 5.91 Å². The van der Waals surface area contributed by atoms with Gasteiger partial charge in [-0.2, -0.15) is 0 Å². The molecule has 23 heavy (non-hydrogen) atoms. The van der Waals surface area contributed by atoms with Crippen LogP contribution in [0.4, 0.5) is 5.69 Å². The van der Waals surface area contributed by atoms with Crippen LogP contribution in [-0.2, 0) is 6.42 Å². The minimum absolute atomic E-state index is 0.0787. The molecule has 0 aromatic heterocycles. The van der Waals surface area contributed by atoms with Crippen LogP contribution in [0.1, 0.15) is 26.3 Å². The molecule has 0 atom stereocenters. The van der Waals surface area contributed by atoms with Gasteiger partial charge in [-0.05, 0) is 35.9 Å². The highest BCUT2D eigenvalue weighted by Crippen LogP contribution is 2.23. The van der Waals surface area contributed by atoms with Crippen LogP contribution in [0.15, 0.2) is 42.5 Å². The first-order valence-electron chi connectivity index (χ1n) is 7.20. The van der Waals surface area contributed by atoms with Crippen LogP contribution in [0.2, 0.25) is 0 Å². The largest absolute Gasteiger partial charge is 0.497 e. The van der Waals surface area contributed by atoms with Gasteiger partial charge in [0.15, 0.2) is 5.78 Å². The number of para-hydroxylation sites is 1. The second kappa shape index (κ2) is 6.96. The molecular formula is C18H20N2O3. The van der Waals surface area contributed by atoms with Crippen molar-refractivity contribution >= 4 is 17.4 Å². The van der Waals surface area contributed by atoms with Gasteiger partial charge in [0, 0.05) is 37.3 Å². The molecular weight excluding hydrogens is 292 g/mol. The number of ether oxygens (including phenoxy) is 1. The lowest BCUT2D eigenvalue weighted by atomic mass is 9.97. The quantitative estimate of drug-likeness (QED) is 0.831. The highest BCUT2D eigenvalue weighted by molar-refractivity contribution is 6.04. The van der Waals surface area contributed by atoms with Crippen molar-refractivity contribution in [3.8, 4) is 5.75 Å². The molecule has 2 N–H and O–H groups in total. The van der Waals surface area contributed by atoms with Crippen molar-refractivity contribution in [2.24, 2.45) is 5.73 Å². The molecule has 2 rings (SSSR count). The highest BCUT2D eigenvalue weighted by atomic mass is 16.5. The summed E-state index contributed by atoms with van der Waals surface area (Å²) in [5.74, 6) is -0.0555. The number of hydrogen-bond acceptors (Lipinski definition) is 4. The van der Waals surface area contributed by atoms with E-state index in [1.165, 1.54) is 7.11 Å². The van der Waals surface area contributed by atoms with Gasteiger partial charge in [0.05, 0.1) is 7.11 Å². The number of primary amides is 1. The molecule has 0 bridgehead atoms. The molecule has 5 heteroatoms. The zero-order valence-corrected chi connectivity index (χ0v) is 13.5. The molecule has 120 valence electrons. The number of amides is 1. The molecule has 0 fully saturated rings. The molecule has 1 amide bonds. The van der Waals surface area contributed by atoms with Gasteiger partial charge in [-0.3, -0.25) is 9.59 Å². The fourth-order valence-electron chi connectivity index (χ4n) is 2.45. The van der Waals surface area contributed by atoms with Crippen molar-refractivity contribution in [1.29, 1.82) is 0 Å². The van der Waals surface area contributed by atoms with E-state index in [1.54, 1.807) is 24.3 Å². The molecule has 0 saturated heterocycles. The molecule has 0 unspecified atom stereocenters. The second-order valence-electron chi connectivity index (χ2n) is 5.40. The molecule has 5 nitrogen and oxygen atoms in total. The summed E-state index contributed by atoms with van der Waals surface area (Å²) in [6, 6.07) is 12.3. The first-order valence-corrected chi connectivity index (χ1v) is 7.20. The maximum absolute atomic E-state index is 12.7. The zero-order chi connectivity index (χ0) is 17.0. The molecule has 0 aliphatic heterocycles. The fraction of sp³-hybridized carbons (Fsp3) is 0.222. The number of methoxy groups -OCH3 is 1. The Morgan fingerprint density at radius 3 is 2.39 bits per heavy atom. The summed E-state index contributed by atoms with van der Waals surface area (Å²) in [6.07, 6.45) is 0.0837. The van der Waals surface area contributed by atoms with E-state index in [-0.39, 0.29) is 12.2 Å². The molecule has 0 spiro atoms. The zero-order valence-electron chi connectivity index (χ0n) is 13.5. The smallest absolute Gasteiger partial charge is 0.248 e. The van der Waals surface area contributed by atoms with Crippen LogP contribution >= 0.6 is 0 Å². The maximum Gasteiger partial charge on any atom is 0.248 e. The number of hydrogen-bond donors (Lipinski definition) is 1. The maximum atomic E-state index is 12.7. The normalized spacial score (nSPS) is 10.2. The van der Waals surface area contributed by atoms with Gasteiger partial charge in [0.25, 0.3) is 0 Å². The standard InChI is InChI=1S/C18H20N2O3/c1-20(2)16-7-5-4-6-15(16)17(21)11-12-10-13(23-3)8-9-14(12)18(19)22/h4-10H,11H2,1-3H3,(H2,19,22). The van der Waals surface area contributed by atoms with Gasteiger partial charge in [0.1, 0.15) is 5.75 Å². The number of anilines is 1. The Labute approximate surface area is 135 Å². The topological polar surface area (TPSA) is 72.6 Å². The van der Waals surface area contributed by atoms with Gasteiger partial charge in [0.2, 0.25) is 5.91 Å². The Morgan fingerprint density at radius 2 is 1.78 bits per heavy atom. The van der Waals surface area contributed by atoms with Crippen LogP contribution in [0.3, 0.4) is 0 Å². The Kier molecular flexibility index (Phi) is 5.01. The molecule has 0 aliphatic carbocycles. The first kappa shape index (κ1) is 16.5. The number of benzene rings is 2. The van der Waals surface area contributed by atoms with Crippen molar-refractivity contribution < 1.29 is 14.3 Å². The fourth-order valence-corrected chi connectivity index (χ4v) is 2.45. The van der Waals surface area contributed by atoms with Crippen molar-refractivity contribution in [2.75, 3.05) is 26.1 Å². The SMILES string of the molecule is COc1ccc(C(N)=O)c(CC(=O)c2ccccc2N(C)C)c1. The van der Waals surface area contributed by atoms with Crippen LogP contribution in [0.25, 0.3) is 0 Å². The molecule has 2 aromatic carbocycles. The Morgan fingerprint density at radius 1 is 1.09 bits per heavy atom. The third kappa shape index (κ3) is 3.69. The van der Waals surface area contributed by atoms with Gasteiger partial charge < -0.3 is 15.4 Å². The molecule has 0 aliphatic rings. The summed E-state index contributed by atoms with van der Waals surface area (Å²) in [5, 5.41) is 0. The van der Waals surface area contributed by atoms with E-state index >= 15 is 0 Å². The lowest BCUT2D eigenvalue weighted by molar-refractivity contribution is 0.0992. The van der Waals surface area contributed by atoms with E-state index in [1.807, 2.05) is 37.2 Å². The second-order valence-corrected chi connectivity index (χ2v) is 5.40. The summed E-state index contributed by atoms with van der Waals surface area (Å²) < 4.78 is 5.17. The summed E-state index contributed by atoms with van der Waals surface area (Å²) in [5.41, 5.74) is 7.74. The highest BCUT2D eigenvalue weighted by Gasteiger charge is 2.17. The van der Waals surface area contributed by atoms with Crippen LogP contribution < -0.4 is 15.4 Å². The number of nitrogens with zero attached hydrogens (tertiary/aromatic N) is 1. The minimum Gasteiger partial charge on any atom is -0.497 e. The Bertz CT molecular complexity index is 739. The molecule has 0 heterocycles. The monoisotopic (exact) mass is 312 g/mol. The van der Waals surface area contributed by atoms with E-state index in [0.29, 0.717) is 22.4 Å². The third-order valence-corrected chi connectivity index (χ3v) is 3.62. The molecule has 0 radical (unpaired) electrons. The van der Waals surface area contributed by atoms with E-state index in [9.17, 15) is 9.59 Å². The summed E-state index contributed by atoms with van der Waals surface area (Å²) in [4.78, 5) is 26.2. The van der Waals surface area contributed by atoms with Crippen LogP contribution in [0.5, 0.6) is 5.75 Å². The van der Waals surface area contributed by atoms with Gasteiger partial charge in [-0.25, -0.2) is 0 Å². The summed E-state index contributed by atoms with van der Waals surface area (Å²) >= 11 is 0. The summed E-state index contributed by atoms with van der Waals surface area (Å²) in [6.45, 7) is 0. The van der Waals surface area contributed by atoms with Gasteiger partial charge >= 0.3 is 0 Å². The van der Waals surface area contributed by atoms with Gasteiger partial charge in [-0.15, -0.1) is 0 Å². The summed E-state index contributed by atoms with van der Waals surface area (Å²) in [7, 11) is 5.30. The molecule has 2 aromatic rings. The van der Waals surface area contributed by atoms with E-state index in [4.69, 9.17) is 10.5 Å². The van der Waals surface area contributed by atoms with Crippen LogP contribution in [0, 0.1) is 0 Å². The average Bonchev–Trinajstić information content (AvgIpc) is 2.54. The Balaban J connectivity index is 2.39. The number of carbonyl (C=O) groups excluding carboxylic acids is 2. The first-order chi connectivity index (χ1) is 10.9. The van der Waals surface area contributed by atoms with Crippen molar-refractivity contribution in [1.82, 2.24) is 0 Å². The number of ketones is 1. The van der Waals surface area contributed by atoms with Crippen molar-refractivity contribution in [2.45, 2.75) is 6.42 Å². The van der Waals surface area contributed by atoms with Crippen LogP contribution in [-0.4, -0.2) is 32.9 Å². The van der Waals surface area contributed by atoms with Crippen molar-refractivity contribution in [3.63, 3.8) is 0 Å². The number of rotatable bonds is 6. The number of nitrogens with two attached hydrogens (primary N) is 1. The third-order valence-electron chi connectivity index (χ3n) is 3.62. The minimum atomic E-state index is -0.559. The lowest BCUT2D eigenvalue weighted by Crippen LogP contribution is -2.18.